The van der Waals surface area contributed by atoms with Gasteiger partial charge in [-0.1, -0.05) is 84.9 Å². The maximum atomic E-state index is 13.9. The molecule has 250 valence electrons. The van der Waals surface area contributed by atoms with Gasteiger partial charge < -0.3 is 25.0 Å². The quantitative estimate of drug-likeness (QED) is 0.107. The molecule has 8 heteroatoms. The van der Waals surface area contributed by atoms with E-state index in [0.717, 1.165) is 33.2 Å². The average Bonchev–Trinajstić information content (AvgIpc) is 3.52. The van der Waals surface area contributed by atoms with Gasteiger partial charge in [-0.3, -0.25) is 14.4 Å². The number of rotatable bonds is 16. The number of nitrogens with one attached hydrogen (secondary N) is 2. The van der Waals surface area contributed by atoms with Crippen LogP contribution in [0, 0.1) is 11.8 Å². The number of benzene rings is 3. The summed E-state index contributed by atoms with van der Waals surface area (Å²) in [5.41, 5.74) is 5.15. The minimum atomic E-state index is -0.681. The molecule has 1 aromatic heterocycles. The number of hydrogen-bond donors (Lipinski definition) is 3. The predicted molar refractivity (Wildman–Crippen MR) is 188 cm³/mol. The Hall–Kier alpha value is -4.95. The van der Waals surface area contributed by atoms with Crippen molar-refractivity contribution in [1.82, 2.24) is 15.2 Å². The van der Waals surface area contributed by atoms with Gasteiger partial charge in [0.2, 0.25) is 11.8 Å². The number of esters is 1. The van der Waals surface area contributed by atoms with Crippen LogP contribution in [0.25, 0.3) is 10.9 Å². The van der Waals surface area contributed by atoms with Crippen LogP contribution in [0.3, 0.4) is 0 Å². The van der Waals surface area contributed by atoms with Gasteiger partial charge in [0.1, 0.15) is 6.61 Å². The maximum Gasteiger partial charge on any atom is 0.309 e. The van der Waals surface area contributed by atoms with E-state index in [9.17, 15) is 19.5 Å². The van der Waals surface area contributed by atoms with Crippen molar-refractivity contribution in [2.24, 2.45) is 11.8 Å². The number of aliphatic hydroxyl groups is 1. The Morgan fingerprint density at radius 1 is 0.917 bits per heavy atom. The minimum absolute atomic E-state index is 0.0310. The van der Waals surface area contributed by atoms with Gasteiger partial charge in [0.15, 0.2) is 0 Å². The number of fused-ring (bicyclic) bond motifs is 2. The number of para-hydroxylation sites is 1. The molecule has 2 heterocycles. The largest absolute Gasteiger partial charge is 0.463 e. The predicted octanol–water partition coefficient (Wildman–Crippen LogP) is 5.70. The van der Waals surface area contributed by atoms with Crippen LogP contribution >= 0.6 is 0 Å². The van der Waals surface area contributed by atoms with E-state index in [2.05, 4.69) is 23.5 Å². The lowest BCUT2D eigenvalue weighted by molar-refractivity contribution is -0.149. The van der Waals surface area contributed by atoms with E-state index in [1.165, 1.54) is 0 Å². The first-order chi connectivity index (χ1) is 23.4. The first-order valence-corrected chi connectivity index (χ1v) is 16.6. The van der Waals surface area contributed by atoms with Crippen LogP contribution in [0.15, 0.2) is 110 Å². The molecular formula is C40H45N3O5. The highest BCUT2D eigenvalue weighted by molar-refractivity contribution is 5.87. The summed E-state index contributed by atoms with van der Waals surface area (Å²) in [6.45, 7) is 7.87. The normalized spacial score (nSPS) is 15.9. The second-order valence-corrected chi connectivity index (χ2v) is 12.6. The monoisotopic (exact) mass is 647 g/mol. The molecule has 0 aliphatic carbocycles. The molecule has 1 aliphatic rings. The lowest BCUT2D eigenvalue weighted by Gasteiger charge is -2.36. The molecule has 3 aromatic carbocycles. The lowest BCUT2D eigenvalue weighted by atomic mass is 9.92. The molecule has 1 aliphatic heterocycles. The third-order valence-corrected chi connectivity index (χ3v) is 9.15. The molecule has 0 bridgehead atoms. The van der Waals surface area contributed by atoms with Crippen LogP contribution in [-0.4, -0.2) is 58.1 Å². The number of H-pyrrole nitrogens is 1. The Kier molecular flexibility index (Phi) is 12.0. The SMILES string of the molecule is C=CCC(CC(=O)N1Cc2ccccc2CC1CO)C(=O)NC(COC(=O)C(CC=C)Cc1ccccc1)Cc1c[nH]c2ccccc12. The van der Waals surface area contributed by atoms with Crippen molar-refractivity contribution < 1.29 is 24.2 Å². The highest BCUT2D eigenvalue weighted by Crippen LogP contribution is 2.26. The Labute approximate surface area is 282 Å². The van der Waals surface area contributed by atoms with Gasteiger partial charge in [-0.25, -0.2) is 0 Å². The number of ether oxygens (including phenoxy) is 1. The van der Waals surface area contributed by atoms with Gasteiger partial charge in [-0.05, 0) is 60.4 Å². The fraction of sp³-hybridized carbons (Fsp3) is 0.325. The number of aliphatic hydroxyl groups excluding tert-OH is 1. The number of allylic oxidation sites excluding steroid dienone is 2. The fourth-order valence-electron chi connectivity index (χ4n) is 6.55. The molecule has 4 aromatic rings. The van der Waals surface area contributed by atoms with Crippen molar-refractivity contribution in [1.29, 1.82) is 0 Å². The van der Waals surface area contributed by atoms with E-state index in [-0.39, 0.29) is 43.5 Å². The first-order valence-electron chi connectivity index (χ1n) is 16.6. The van der Waals surface area contributed by atoms with Crippen LogP contribution in [0.4, 0.5) is 0 Å². The van der Waals surface area contributed by atoms with Crippen LogP contribution in [0.1, 0.15) is 41.5 Å². The van der Waals surface area contributed by atoms with Crippen molar-refractivity contribution >= 4 is 28.7 Å². The molecule has 0 fully saturated rings. The van der Waals surface area contributed by atoms with Crippen LogP contribution in [0.2, 0.25) is 0 Å². The molecule has 4 unspecified atom stereocenters. The van der Waals surface area contributed by atoms with Crippen molar-refractivity contribution in [2.45, 2.75) is 57.2 Å². The summed E-state index contributed by atoms with van der Waals surface area (Å²) in [6.07, 6.45) is 7.50. The number of aromatic amines is 1. The molecule has 48 heavy (non-hydrogen) atoms. The molecule has 3 N–H and O–H groups in total. The summed E-state index contributed by atoms with van der Waals surface area (Å²) in [5, 5.41) is 14.3. The molecule has 8 nitrogen and oxygen atoms in total. The molecule has 0 saturated carbocycles. The Bertz CT molecular complexity index is 1710. The smallest absolute Gasteiger partial charge is 0.309 e. The van der Waals surface area contributed by atoms with Gasteiger partial charge in [0.25, 0.3) is 0 Å². The zero-order valence-corrected chi connectivity index (χ0v) is 27.4. The van der Waals surface area contributed by atoms with E-state index in [1.54, 1.807) is 17.1 Å². The van der Waals surface area contributed by atoms with E-state index in [4.69, 9.17) is 4.74 Å². The number of hydrogen-bond acceptors (Lipinski definition) is 5. The third-order valence-electron chi connectivity index (χ3n) is 9.15. The number of amides is 2. The molecule has 0 saturated heterocycles. The summed E-state index contributed by atoms with van der Waals surface area (Å²) in [7, 11) is 0. The summed E-state index contributed by atoms with van der Waals surface area (Å²) in [5.74, 6) is -1.95. The number of carbonyl (C=O) groups is 3. The van der Waals surface area contributed by atoms with Crippen molar-refractivity contribution in [3.63, 3.8) is 0 Å². The van der Waals surface area contributed by atoms with Gasteiger partial charge in [0.05, 0.1) is 30.5 Å². The van der Waals surface area contributed by atoms with Crippen molar-refractivity contribution in [3.8, 4) is 0 Å². The molecular weight excluding hydrogens is 602 g/mol. The second kappa shape index (κ2) is 16.7. The maximum absolute atomic E-state index is 13.9. The van der Waals surface area contributed by atoms with Crippen LogP contribution in [0.5, 0.6) is 0 Å². The molecule has 2 amide bonds. The third kappa shape index (κ3) is 8.69. The Balaban J connectivity index is 1.30. The zero-order chi connectivity index (χ0) is 33.9. The van der Waals surface area contributed by atoms with E-state index < -0.39 is 17.9 Å². The Morgan fingerprint density at radius 2 is 1.60 bits per heavy atom. The van der Waals surface area contributed by atoms with E-state index >= 15 is 0 Å². The van der Waals surface area contributed by atoms with Crippen molar-refractivity contribution in [2.75, 3.05) is 13.2 Å². The zero-order valence-electron chi connectivity index (χ0n) is 27.4. The van der Waals surface area contributed by atoms with E-state index in [0.29, 0.717) is 38.6 Å². The summed E-state index contributed by atoms with van der Waals surface area (Å²) in [6, 6.07) is 24.7. The van der Waals surface area contributed by atoms with Gasteiger partial charge in [-0.15, -0.1) is 13.2 Å². The first kappa shape index (κ1) is 34.4. The number of aromatic nitrogens is 1. The van der Waals surface area contributed by atoms with Crippen molar-refractivity contribution in [3.05, 3.63) is 133 Å². The van der Waals surface area contributed by atoms with Gasteiger partial charge in [-0.2, -0.15) is 0 Å². The molecule has 5 rings (SSSR count). The van der Waals surface area contributed by atoms with Gasteiger partial charge >= 0.3 is 5.97 Å². The fourth-order valence-corrected chi connectivity index (χ4v) is 6.55. The lowest BCUT2D eigenvalue weighted by Crippen LogP contribution is -2.48. The minimum Gasteiger partial charge on any atom is -0.463 e. The second-order valence-electron chi connectivity index (χ2n) is 12.6. The number of carbonyl (C=O) groups excluding carboxylic acids is 3. The average molecular weight is 648 g/mol. The van der Waals surface area contributed by atoms with E-state index in [1.807, 2.05) is 85.1 Å². The summed E-state index contributed by atoms with van der Waals surface area (Å²) < 4.78 is 5.90. The summed E-state index contributed by atoms with van der Waals surface area (Å²) in [4.78, 5) is 45.9. The Morgan fingerprint density at radius 3 is 2.35 bits per heavy atom. The summed E-state index contributed by atoms with van der Waals surface area (Å²) >= 11 is 0. The van der Waals surface area contributed by atoms with Crippen LogP contribution < -0.4 is 5.32 Å². The van der Waals surface area contributed by atoms with Gasteiger partial charge in [0, 0.05) is 30.1 Å². The topological polar surface area (TPSA) is 112 Å². The molecule has 0 radical (unpaired) electrons. The molecule has 0 spiro atoms. The highest BCUT2D eigenvalue weighted by Gasteiger charge is 2.33. The number of nitrogens with zero attached hydrogens (tertiary/aromatic N) is 1. The standard InChI is InChI=1S/C40H45N3O5/c1-3-12-30(23-38(45)43-25-32-17-9-8-16-29(32)22-35(43)26-44)39(46)42-34(21-33-24-41-37-19-11-10-18-36(33)37)27-48-40(47)31(13-4-2)20-28-14-6-5-7-15-28/h3-11,14-19,24,30-31,34-35,41,44H,1-2,12-13,20-23,25-27H2,(H,42,46). The highest BCUT2D eigenvalue weighted by atomic mass is 16.5. The van der Waals surface area contributed by atoms with Crippen LogP contribution in [-0.2, 0) is 44.9 Å². The molecule has 4 atom stereocenters.